The van der Waals surface area contributed by atoms with Crippen LogP contribution >= 0.6 is 15.9 Å². The van der Waals surface area contributed by atoms with Crippen molar-refractivity contribution in [3.63, 3.8) is 0 Å². The Kier molecular flexibility index (Phi) is 5.98. The Balaban J connectivity index is 2.52. The van der Waals surface area contributed by atoms with E-state index < -0.39 is 17.8 Å². The highest BCUT2D eigenvalue weighted by atomic mass is 79.9. The van der Waals surface area contributed by atoms with Crippen LogP contribution in [0.1, 0.15) is 23.2 Å². The van der Waals surface area contributed by atoms with Crippen LogP contribution in [0.25, 0.3) is 0 Å². The number of carboxylic acid groups (broad SMARTS) is 1. The standard InChI is InChI=1S/C12H13BrN2O5/c1-20-9-3-2-7(6-8(9)13)12(19)15-14-10(16)4-5-11(17)18/h2-3,6H,4-5H2,1H3,(H,14,16)(H,15,19)(H,17,18). The number of aliphatic carboxylic acids is 1. The average Bonchev–Trinajstić information content (AvgIpc) is 2.42. The number of amides is 2. The van der Waals surface area contributed by atoms with Crippen LogP contribution in [0.5, 0.6) is 5.75 Å². The molecule has 1 rings (SSSR count). The Hall–Kier alpha value is -2.09. The summed E-state index contributed by atoms with van der Waals surface area (Å²) in [5.74, 6) is -1.59. The third-order valence-corrected chi connectivity index (χ3v) is 2.92. The highest BCUT2D eigenvalue weighted by Crippen LogP contribution is 2.25. The van der Waals surface area contributed by atoms with Gasteiger partial charge >= 0.3 is 5.97 Å². The lowest BCUT2D eigenvalue weighted by Gasteiger charge is -2.08. The lowest BCUT2D eigenvalue weighted by molar-refractivity contribution is -0.138. The summed E-state index contributed by atoms with van der Waals surface area (Å²) < 4.78 is 5.63. The Bertz CT molecular complexity index is 533. The zero-order chi connectivity index (χ0) is 15.1. The molecule has 0 spiro atoms. The van der Waals surface area contributed by atoms with E-state index in [1.165, 1.54) is 19.2 Å². The van der Waals surface area contributed by atoms with E-state index in [4.69, 9.17) is 9.84 Å². The number of methoxy groups -OCH3 is 1. The van der Waals surface area contributed by atoms with Crippen LogP contribution in [0, 0.1) is 0 Å². The summed E-state index contributed by atoms with van der Waals surface area (Å²) in [5.41, 5.74) is 4.65. The number of hydrogen-bond acceptors (Lipinski definition) is 4. The van der Waals surface area contributed by atoms with Crippen molar-refractivity contribution in [2.45, 2.75) is 12.8 Å². The van der Waals surface area contributed by atoms with Crippen LogP contribution in [0.15, 0.2) is 22.7 Å². The van der Waals surface area contributed by atoms with E-state index in [0.29, 0.717) is 15.8 Å². The number of hydrazine groups is 1. The van der Waals surface area contributed by atoms with Crippen molar-refractivity contribution < 1.29 is 24.2 Å². The van der Waals surface area contributed by atoms with Crippen molar-refractivity contribution >= 4 is 33.7 Å². The molecule has 0 unspecified atom stereocenters. The van der Waals surface area contributed by atoms with E-state index >= 15 is 0 Å². The Morgan fingerprint density at radius 2 is 1.95 bits per heavy atom. The number of nitrogens with one attached hydrogen (secondary N) is 2. The first kappa shape index (κ1) is 16.0. The van der Waals surface area contributed by atoms with Crippen LogP contribution in [0.4, 0.5) is 0 Å². The number of carbonyl (C=O) groups excluding carboxylic acids is 2. The molecule has 0 fully saturated rings. The van der Waals surface area contributed by atoms with Crippen LogP contribution < -0.4 is 15.6 Å². The third-order valence-electron chi connectivity index (χ3n) is 2.30. The molecule has 20 heavy (non-hydrogen) atoms. The van der Waals surface area contributed by atoms with Gasteiger partial charge in [-0.1, -0.05) is 0 Å². The number of carboxylic acids is 1. The molecule has 1 aromatic rings. The largest absolute Gasteiger partial charge is 0.496 e. The molecule has 0 bridgehead atoms. The maximum absolute atomic E-state index is 11.7. The van der Waals surface area contributed by atoms with Gasteiger partial charge in [0.15, 0.2) is 0 Å². The van der Waals surface area contributed by atoms with E-state index in [1.54, 1.807) is 6.07 Å². The third kappa shape index (κ3) is 4.88. The van der Waals surface area contributed by atoms with Gasteiger partial charge in [0.1, 0.15) is 5.75 Å². The number of halogens is 1. The molecule has 0 radical (unpaired) electrons. The Morgan fingerprint density at radius 3 is 2.50 bits per heavy atom. The minimum absolute atomic E-state index is 0.206. The molecule has 8 heteroatoms. The zero-order valence-corrected chi connectivity index (χ0v) is 12.2. The van der Waals surface area contributed by atoms with Crippen molar-refractivity contribution in [3.05, 3.63) is 28.2 Å². The van der Waals surface area contributed by atoms with E-state index in [1.807, 2.05) is 0 Å². The predicted molar refractivity (Wildman–Crippen MR) is 73.2 cm³/mol. The summed E-state index contributed by atoms with van der Waals surface area (Å²) in [6.07, 6.45) is -0.502. The molecule has 1 aromatic carbocycles. The van der Waals surface area contributed by atoms with E-state index in [9.17, 15) is 14.4 Å². The number of rotatable bonds is 5. The van der Waals surface area contributed by atoms with Gasteiger partial charge in [-0.2, -0.15) is 0 Å². The Labute approximate surface area is 123 Å². The van der Waals surface area contributed by atoms with Gasteiger partial charge in [0.05, 0.1) is 18.0 Å². The number of carbonyl (C=O) groups is 3. The summed E-state index contributed by atoms with van der Waals surface area (Å²) in [6.45, 7) is 0. The summed E-state index contributed by atoms with van der Waals surface area (Å²) in [4.78, 5) is 33.2. The van der Waals surface area contributed by atoms with Crippen molar-refractivity contribution in [3.8, 4) is 5.75 Å². The van der Waals surface area contributed by atoms with Crippen molar-refractivity contribution in [2.75, 3.05) is 7.11 Å². The van der Waals surface area contributed by atoms with Gasteiger partial charge in [-0.25, -0.2) is 0 Å². The van der Waals surface area contributed by atoms with Crippen LogP contribution in [0.2, 0.25) is 0 Å². The second-order valence-electron chi connectivity index (χ2n) is 3.75. The average molecular weight is 345 g/mol. The molecule has 0 aliphatic rings. The van der Waals surface area contributed by atoms with Crippen molar-refractivity contribution in [1.29, 1.82) is 0 Å². The van der Waals surface area contributed by atoms with E-state index in [0.717, 1.165) is 0 Å². The first-order valence-electron chi connectivity index (χ1n) is 5.58. The normalized spacial score (nSPS) is 9.70. The van der Waals surface area contributed by atoms with Gasteiger partial charge < -0.3 is 9.84 Å². The van der Waals surface area contributed by atoms with Crippen molar-refractivity contribution in [2.24, 2.45) is 0 Å². The highest BCUT2D eigenvalue weighted by Gasteiger charge is 2.10. The number of hydrogen-bond donors (Lipinski definition) is 3. The predicted octanol–water partition coefficient (Wildman–Crippen LogP) is 1.08. The molecule has 7 nitrogen and oxygen atoms in total. The SMILES string of the molecule is COc1ccc(C(=O)NNC(=O)CCC(=O)O)cc1Br. The highest BCUT2D eigenvalue weighted by molar-refractivity contribution is 9.10. The van der Waals surface area contributed by atoms with Crippen LogP contribution in [0.3, 0.4) is 0 Å². The molecule has 0 saturated carbocycles. The number of benzene rings is 1. The van der Waals surface area contributed by atoms with Gasteiger partial charge in [-0.15, -0.1) is 0 Å². The van der Waals surface area contributed by atoms with Crippen LogP contribution in [-0.4, -0.2) is 30.0 Å². The molecule has 0 aromatic heterocycles. The van der Waals surface area contributed by atoms with Crippen molar-refractivity contribution in [1.82, 2.24) is 10.9 Å². The maximum atomic E-state index is 11.7. The van der Waals surface area contributed by atoms with Gasteiger partial charge in [0.25, 0.3) is 5.91 Å². The monoisotopic (exact) mass is 344 g/mol. The van der Waals surface area contributed by atoms with Gasteiger partial charge in [-0.3, -0.25) is 25.2 Å². The second-order valence-corrected chi connectivity index (χ2v) is 4.60. The van der Waals surface area contributed by atoms with E-state index in [-0.39, 0.29) is 12.8 Å². The van der Waals surface area contributed by atoms with Crippen LogP contribution in [-0.2, 0) is 9.59 Å². The molecular weight excluding hydrogens is 332 g/mol. The molecule has 108 valence electrons. The van der Waals surface area contributed by atoms with Gasteiger partial charge in [-0.05, 0) is 34.1 Å². The maximum Gasteiger partial charge on any atom is 0.303 e. The quantitative estimate of drug-likeness (QED) is 0.693. The lowest BCUT2D eigenvalue weighted by Crippen LogP contribution is -2.41. The molecule has 0 atom stereocenters. The summed E-state index contributed by atoms with van der Waals surface area (Å²) in [7, 11) is 1.50. The number of ether oxygens (including phenoxy) is 1. The second kappa shape index (κ2) is 7.49. The minimum atomic E-state index is -1.08. The summed E-state index contributed by atoms with van der Waals surface area (Å²) in [6, 6.07) is 4.67. The smallest absolute Gasteiger partial charge is 0.303 e. The van der Waals surface area contributed by atoms with E-state index in [2.05, 4.69) is 26.8 Å². The molecule has 0 saturated heterocycles. The molecular formula is C12H13BrN2O5. The summed E-state index contributed by atoms with van der Waals surface area (Å²) >= 11 is 3.24. The fourth-order valence-corrected chi connectivity index (χ4v) is 1.83. The van der Waals surface area contributed by atoms with Gasteiger partial charge in [0.2, 0.25) is 5.91 Å². The topological polar surface area (TPSA) is 105 Å². The minimum Gasteiger partial charge on any atom is -0.496 e. The molecule has 2 amide bonds. The Morgan fingerprint density at radius 1 is 1.25 bits per heavy atom. The summed E-state index contributed by atoms with van der Waals surface area (Å²) in [5, 5.41) is 8.41. The fraction of sp³-hybridized carbons (Fsp3) is 0.250. The molecule has 0 aliphatic heterocycles. The first-order valence-corrected chi connectivity index (χ1v) is 6.38. The first-order chi connectivity index (χ1) is 9.43. The molecule has 0 aliphatic carbocycles. The zero-order valence-electron chi connectivity index (χ0n) is 10.6. The molecule has 0 heterocycles. The molecule has 3 N–H and O–H groups in total. The van der Waals surface area contributed by atoms with Gasteiger partial charge in [0, 0.05) is 12.0 Å². The lowest BCUT2D eigenvalue weighted by atomic mass is 10.2. The fourth-order valence-electron chi connectivity index (χ4n) is 1.29.